The van der Waals surface area contributed by atoms with Crippen LogP contribution in [0.25, 0.3) is 10.9 Å². The lowest BCUT2D eigenvalue weighted by Crippen LogP contribution is -2.38. The van der Waals surface area contributed by atoms with E-state index >= 15 is 0 Å². The average Bonchev–Trinajstić information content (AvgIpc) is 3.10. The van der Waals surface area contributed by atoms with E-state index in [1.165, 1.54) is 12.1 Å². The van der Waals surface area contributed by atoms with Crippen molar-refractivity contribution in [1.29, 1.82) is 0 Å². The molecule has 1 amide bonds. The van der Waals surface area contributed by atoms with E-state index in [9.17, 15) is 9.18 Å². The number of carbonyl (C=O) groups is 1. The molecule has 0 atom stereocenters. The van der Waals surface area contributed by atoms with Crippen LogP contribution in [0.1, 0.15) is 15.9 Å². The van der Waals surface area contributed by atoms with Crippen LogP contribution in [0.15, 0.2) is 42.6 Å². The fourth-order valence-electron chi connectivity index (χ4n) is 3.54. The van der Waals surface area contributed by atoms with E-state index in [2.05, 4.69) is 15.2 Å². The zero-order valence-electron chi connectivity index (χ0n) is 15.3. The molecule has 5 nitrogen and oxygen atoms in total. The quantitative estimate of drug-likeness (QED) is 0.684. The van der Waals surface area contributed by atoms with Gasteiger partial charge in [0.05, 0.1) is 18.8 Å². The van der Waals surface area contributed by atoms with Crippen LogP contribution in [-0.2, 0) is 11.2 Å². The van der Waals surface area contributed by atoms with Crippen molar-refractivity contribution in [2.75, 3.05) is 37.7 Å². The minimum atomic E-state index is -0.421. The molecule has 1 aliphatic heterocycles. The fraction of sp³-hybridized carbons (Fsp3) is 0.286. The molecular weight excluding hydrogens is 381 g/mol. The van der Waals surface area contributed by atoms with Gasteiger partial charge in [0, 0.05) is 47.4 Å². The van der Waals surface area contributed by atoms with Crippen LogP contribution in [0.3, 0.4) is 0 Å². The summed E-state index contributed by atoms with van der Waals surface area (Å²) < 4.78 is 19.2. The maximum absolute atomic E-state index is 13.8. The standard InChI is InChI=1S/C21H21ClFN3O2/c22-15-1-3-17-14(13-25-19(17)11-15)5-6-24-21(27)18-12-16(23)2-4-20(18)26-7-9-28-10-8-26/h1-4,11-13,25H,5-10H2,(H,24,27). The highest BCUT2D eigenvalue weighted by Gasteiger charge is 2.19. The number of halogens is 2. The summed E-state index contributed by atoms with van der Waals surface area (Å²) in [5.74, 6) is -0.695. The Morgan fingerprint density at radius 1 is 1.21 bits per heavy atom. The number of carbonyl (C=O) groups excluding carboxylic acids is 1. The highest BCUT2D eigenvalue weighted by Crippen LogP contribution is 2.24. The van der Waals surface area contributed by atoms with E-state index < -0.39 is 5.82 Å². The number of hydrogen-bond acceptors (Lipinski definition) is 3. The Labute approximate surface area is 167 Å². The fourth-order valence-corrected chi connectivity index (χ4v) is 3.71. The van der Waals surface area contributed by atoms with Crippen molar-refractivity contribution in [3.8, 4) is 0 Å². The van der Waals surface area contributed by atoms with Gasteiger partial charge in [0.1, 0.15) is 5.82 Å². The van der Waals surface area contributed by atoms with Crippen LogP contribution in [0.2, 0.25) is 5.02 Å². The summed E-state index contributed by atoms with van der Waals surface area (Å²) in [6.45, 7) is 3.02. The second-order valence-electron chi connectivity index (χ2n) is 6.77. The van der Waals surface area contributed by atoms with Gasteiger partial charge in [0.25, 0.3) is 5.91 Å². The molecule has 1 aromatic heterocycles. The van der Waals surface area contributed by atoms with Crippen LogP contribution in [0.5, 0.6) is 0 Å². The third-order valence-electron chi connectivity index (χ3n) is 4.96. The molecular formula is C21H21ClFN3O2. The molecule has 7 heteroatoms. The van der Waals surface area contributed by atoms with E-state index in [4.69, 9.17) is 16.3 Å². The summed E-state index contributed by atoms with van der Waals surface area (Å²) in [5, 5.41) is 4.68. The van der Waals surface area contributed by atoms with Gasteiger partial charge in [-0.2, -0.15) is 0 Å². The van der Waals surface area contributed by atoms with Crippen molar-refractivity contribution in [3.05, 3.63) is 64.6 Å². The van der Waals surface area contributed by atoms with Crippen molar-refractivity contribution in [3.63, 3.8) is 0 Å². The molecule has 2 aromatic carbocycles. The maximum Gasteiger partial charge on any atom is 0.253 e. The van der Waals surface area contributed by atoms with Gasteiger partial charge in [-0.1, -0.05) is 17.7 Å². The summed E-state index contributed by atoms with van der Waals surface area (Å²) >= 11 is 6.01. The number of nitrogens with one attached hydrogen (secondary N) is 2. The van der Waals surface area contributed by atoms with Crippen molar-refractivity contribution < 1.29 is 13.9 Å². The van der Waals surface area contributed by atoms with E-state index in [0.717, 1.165) is 22.2 Å². The number of ether oxygens (including phenoxy) is 1. The van der Waals surface area contributed by atoms with E-state index in [1.54, 1.807) is 6.07 Å². The van der Waals surface area contributed by atoms with E-state index in [1.807, 2.05) is 24.4 Å². The lowest BCUT2D eigenvalue weighted by Gasteiger charge is -2.30. The first-order valence-electron chi connectivity index (χ1n) is 9.28. The van der Waals surface area contributed by atoms with Crippen LogP contribution >= 0.6 is 11.6 Å². The summed E-state index contributed by atoms with van der Waals surface area (Å²) in [5.41, 5.74) is 3.16. The molecule has 0 aliphatic carbocycles. The number of morpholine rings is 1. The molecule has 0 spiro atoms. The molecule has 3 aromatic rings. The Hall–Kier alpha value is -2.57. The summed E-state index contributed by atoms with van der Waals surface area (Å²) in [4.78, 5) is 18.0. The van der Waals surface area contributed by atoms with Gasteiger partial charge in [-0.3, -0.25) is 4.79 Å². The second-order valence-corrected chi connectivity index (χ2v) is 7.21. The smallest absolute Gasteiger partial charge is 0.253 e. The van der Waals surface area contributed by atoms with Crippen LogP contribution < -0.4 is 10.2 Å². The van der Waals surface area contributed by atoms with Crippen molar-refractivity contribution in [1.82, 2.24) is 10.3 Å². The number of benzene rings is 2. The lowest BCUT2D eigenvalue weighted by molar-refractivity contribution is 0.0952. The first-order chi connectivity index (χ1) is 13.6. The highest BCUT2D eigenvalue weighted by molar-refractivity contribution is 6.31. The summed E-state index contributed by atoms with van der Waals surface area (Å²) in [7, 11) is 0. The number of nitrogens with zero attached hydrogens (tertiary/aromatic N) is 1. The Bertz CT molecular complexity index is 998. The van der Waals surface area contributed by atoms with Gasteiger partial charge in [0.2, 0.25) is 0 Å². The number of aromatic nitrogens is 1. The largest absolute Gasteiger partial charge is 0.378 e. The number of rotatable bonds is 5. The van der Waals surface area contributed by atoms with Crippen LogP contribution in [-0.4, -0.2) is 43.7 Å². The molecule has 0 radical (unpaired) electrons. The predicted molar refractivity (Wildman–Crippen MR) is 109 cm³/mol. The molecule has 0 saturated carbocycles. The van der Waals surface area contributed by atoms with Gasteiger partial charge >= 0.3 is 0 Å². The maximum atomic E-state index is 13.8. The van der Waals surface area contributed by atoms with Gasteiger partial charge < -0.3 is 19.9 Å². The van der Waals surface area contributed by atoms with Gasteiger partial charge in [-0.15, -0.1) is 0 Å². The predicted octanol–water partition coefficient (Wildman–Crippen LogP) is 3.77. The number of H-pyrrole nitrogens is 1. The molecule has 0 bridgehead atoms. The molecule has 1 fully saturated rings. The minimum Gasteiger partial charge on any atom is -0.378 e. The van der Waals surface area contributed by atoms with E-state index in [-0.39, 0.29) is 5.91 Å². The van der Waals surface area contributed by atoms with E-state index in [0.29, 0.717) is 49.9 Å². The monoisotopic (exact) mass is 401 g/mol. The van der Waals surface area contributed by atoms with Gasteiger partial charge in [-0.25, -0.2) is 4.39 Å². The SMILES string of the molecule is O=C(NCCc1c[nH]c2cc(Cl)ccc12)c1cc(F)ccc1N1CCOCC1. The van der Waals surface area contributed by atoms with Crippen LogP contribution in [0, 0.1) is 5.82 Å². The lowest BCUT2D eigenvalue weighted by atomic mass is 10.1. The Balaban J connectivity index is 1.45. The number of amides is 1. The summed E-state index contributed by atoms with van der Waals surface area (Å²) in [6.07, 6.45) is 2.59. The van der Waals surface area contributed by atoms with Crippen molar-refractivity contribution >= 4 is 34.1 Å². The molecule has 28 heavy (non-hydrogen) atoms. The van der Waals surface area contributed by atoms with Crippen LogP contribution in [0.4, 0.5) is 10.1 Å². The third-order valence-corrected chi connectivity index (χ3v) is 5.20. The topological polar surface area (TPSA) is 57.4 Å². The van der Waals surface area contributed by atoms with Gasteiger partial charge in [-0.05, 0) is 42.3 Å². The number of aromatic amines is 1. The molecule has 1 aliphatic rings. The first kappa shape index (κ1) is 18.8. The summed E-state index contributed by atoms with van der Waals surface area (Å²) in [6, 6.07) is 10.0. The minimum absolute atomic E-state index is 0.274. The zero-order valence-corrected chi connectivity index (χ0v) is 16.1. The first-order valence-corrected chi connectivity index (χ1v) is 9.65. The molecule has 4 rings (SSSR count). The highest BCUT2D eigenvalue weighted by atomic mass is 35.5. The second kappa shape index (κ2) is 8.20. The molecule has 2 heterocycles. The van der Waals surface area contributed by atoms with Crippen molar-refractivity contribution in [2.45, 2.75) is 6.42 Å². The number of anilines is 1. The zero-order chi connectivity index (χ0) is 19.5. The molecule has 146 valence electrons. The molecule has 2 N–H and O–H groups in total. The number of fused-ring (bicyclic) bond motifs is 1. The Kier molecular flexibility index (Phi) is 5.50. The Morgan fingerprint density at radius 2 is 2.04 bits per heavy atom. The molecule has 1 saturated heterocycles. The molecule has 0 unspecified atom stereocenters. The third kappa shape index (κ3) is 3.98. The van der Waals surface area contributed by atoms with Crippen molar-refractivity contribution in [2.24, 2.45) is 0 Å². The normalized spacial score (nSPS) is 14.4. The average molecular weight is 402 g/mol. The number of hydrogen-bond donors (Lipinski definition) is 2. The van der Waals surface area contributed by atoms with Gasteiger partial charge in [0.15, 0.2) is 0 Å². The Morgan fingerprint density at radius 3 is 2.86 bits per heavy atom.